The van der Waals surface area contributed by atoms with Gasteiger partial charge in [-0.1, -0.05) is 18.2 Å². The SMILES string of the molecule is O=C1CSc2ccc(NC3CSc4ccccc43)cc2N1. The highest BCUT2D eigenvalue weighted by Gasteiger charge is 2.23. The second-order valence-corrected chi connectivity index (χ2v) is 7.17. The Balaban J connectivity index is 1.59. The van der Waals surface area contributed by atoms with E-state index in [1.807, 2.05) is 17.8 Å². The van der Waals surface area contributed by atoms with E-state index < -0.39 is 0 Å². The Labute approximate surface area is 131 Å². The number of thioether (sulfide) groups is 2. The van der Waals surface area contributed by atoms with Gasteiger partial charge in [0.25, 0.3) is 0 Å². The van der Waals surface area contributed by atoms with E-state index in [1.165, 1.54) is 10.5 Å². The molecule has 2 aliphatic rings. The fourth-order valence-electron chi connectivity index (χ4n) is 2.66. The molecule has 0 aliphatic carbocycles. The van der Waals surface area contributed by atoms with E-state index in [0.29, 0.717) is 11.8 Å². The van der Waals surface area contributed by atoms with Crippen LogP contribution >= 0.6 is 23.5 Å². The van der Waals surface area contributed by atoms with Crippen LogP contribution in [0.25, 0.3) is 0 Å². The Bertz CT molecular complexity index is 717. The first-order valence-corrected chi connectivity index (χ1v) is 8.82. The molecule has 1 atom stereocenters. The number of hydrogen-bond acceptors (Lipinski definition) is 4. The standard InChI is InChI=1S/C16H14N2OS2/c19-16-9-21-15-6-5-10(7-12(15)18-16)17-13-8-20-14-4-2-1-3-11(13)14/h1-7,13,17H,8-9H2,(H,18,19). The Morgan fingerprint density at radius 2 is 2.00 bits per heavy atom. The molecule has 4 rings (SSSR count). The number of anilines is 2. The van der Waals surface area contributed by atoms with Gasteiger partial charge in [0, 0.05) is 21.2 Å². The molecule has 2 aromatic rings. The minimum absolute atomic E-state index is 0.0754. The molecule has 0 radical (unpaired) electrons. The quantitative estimate of drug-likeness (QED) is 0.879. The average molecular weight is 314 g/mol. The summed E-state index contributed by atoms with van der Waals surface area (Å²) in [5.74, 6) is 1.62. The van der Waals surface area contributed by atoms with Gasteiger partial charge in [-0.25, -0.2) is 0 Å². The molecule has 0 saturated carbocycles. The first-order valence-electron chi connectivity index (χ1n) is 6.84. The van der Waals surface area contributed by atoms with Crippen LogP contribution in [-0.4, -0.2) is 17.4 Å². The van der Waals surface area contributed by atoms with Crippen LogP contribution in [0.4, 0.5) is 11.4 Å². The second kappa shape index (κ2) is 5.31. The zero-order valence-electron chi connectivity index (χ0n) is 11.3. The molecule has 1 amide bonds. The summed E-state index contributed by atoms with van der Waals surface area (Å²) in [5.41, 5.74) is 3.33. The van der Waals surface area contributed by atoms with Crippen LogP contribution in [0.3, 0.4) is 0 Å². The van der Waals surface area contributed by atoms with Crippen LogP contribution in [0.5, 0.6) is 0 Å². The van der Waals surface area contributed by atoms with E-state index in [0.717, 1.165) is 22.0 Å². The summed E-state index contributed by atoms with van der Waals surface area (Å²) in [7, 11) is 0. The van der Waals surface area contributed by atoms with Gasteiger partial charge in [-0.05, 0) is 29.8 Å². The third-order valence-corrected chi connectivity index (χ3v) is 5.91. The monoisotopic (exact) mass is 314 g/mol. The average Bonchev–Trinajstić information content (AvgIpc) is 2.90. The van der Waals surface area contributed by atoms with Crippen molar-refractivity contribution < 1.29 is 4.79 Å². The van der Waals surface area contributed by atoms with Crippen molar-refractivity contribution in [2.75, 3.05) is 22.1 Å². The number of nitrogens with one attached hydrogen (secondary N) is 2. The molecule has 21 heavy (non-hydrogen) atoms. The van der Waals surface area contributed by atoms with Crippen LogP contribution in [0, 0.1) is 0 Å². The summed E-state index contributed by atoms with van der Waals surface area (Å²) < 4.78 is 0. The van der Waals surface area contributed by atoms with Gasteiger partial charge in [0.1, 0.15) is 0 Å². The van der Waals surface area contributed by atoms with Crippen LogP contribution in [0.15, 0.2) is 52.3 Å². The molecule has 1 unspecified atom stereocenters. The van der Waals surface area contributed by atoms with Crippen molar-refractivity contribution in [3.63, 3.8) is 0 Å². The first-order chi connectivity index (χ1) is 10.3. The van der Waals surface area contributed by atoms with Crippen LogP contribution < -0.4 is 10.6 Å². The van der Waals surface area contributed by atoms with Crippen LogP contribution in [0.2, 0.25) is 0 Å². The lowest BCUT2D eigenvalue weighted by Crippen LogP contribution is -2.19. The molecule has 5 heteroatoms. The zero-order valence-corrected chi connectivity index (χ0v) is 12.9. The maximum absolute atomic E-state index is 11.5. The number of fused-ring (bicyclic) bond motifs is 2. The van der Waals surface area contributed by atoms with Crippen molar-refractivity contribution in [2.24, 2.45) is 0 Å². The minimum Gasteiger partial charge on any atom is -0.377 e. The zero-order chi connectivity index (χ0) is 14.2. The molecule has 0 saturated heterocycles. The molecular formula is C16H14N2OS2. The van der Waals surface area contributed by atoms with Crippen molar-refractivity contribution in [3.05, 3.63) is 48.0 Å². The van der Waals surface area contributed by atoms with E-state index in [-0.39, 0.29) is 5.91 Å². The Kier molecular flexibility index (Phi) is 3.31. The summed E-state index contributed by atoms with van der Waals surface area (Å²) in [5, 5.41) is 6.52. The highest BCUT2D eigenvalue weighted by atomic mass is 32.2. The maximum atomic E-state index is 11.5. The van der Waals surface area contributed by atoms with Gasteiger partial charge in [0.15, 0.2) is 0 Å². The highest BCUT2D eigenvalue weighted by Crippen LogP contribution is 2.40. The van der Waals surface area contributed by atoms with E-state index >= 15 is 0 Å². The van der Waals surface area contributed by atoms with E-state index in [4.69, 9.17) is 0 Å². The van der Waals surface area contributed by atoms with E-state index in [1.54, 1.807) is 11.8 Å². The molecule has 2 heterocycles. The third-order valence-electron chi connectivity index (χ3n) is 3.65. The molecule has 0 bridgehead atoms. The topological polar surface area (TPSA) is 41.1 Å². The Morgan fingerprint density at radius 1 is 1.10 bits per heavy atom. The lowest BCUT2D eigenvalue weighted by Gasteiger charge is -2.20. The van der Waals surface area contributed by atoms with Crippen molar-refractivity contribution in [1.29, 1.82) is 0 Å². The summed E-state index contributed by atoms with van der Waals surface area (Å²) in [4.78, 5) is 14.0. The largest absolute Gasteiger partial charge is 0.377 e. The maximum Gasteiger partial charge on any atom is 0.234 e. The lowest BCUT2D eigenvalue weighted by molar-refractivity contribution is -0.113. The smallest absolute Gasteiger partial charge is 0.234 e. The van der Waals surface area contributed by atoms with E-state index in [9.17, 15) is 4.79 Å². The number of hydrogen-bond donors (Lipinski definition) is 2. The predicted molar refractivity (Wildman–Crippen MR) is 89.3 cm³/mol. The normalized spacial score (nSPS) is 19.6. The molecule has 0 aromatic heterocycles. The Morgan fingerprint density at radius 3 is 2.95 bits per heavy atom. The lowest BCUT2D eigenvalue weighted by atomic mass is 10.1. The fraction of sp³-hybridized carbons (Fsp3) is 0.188. The van der Waals surface area contributed by atoms with Crippen molar-refractivity contribution in [1.82, 2.24) is 0 Å². The van der Waals surface area contributed by atoms with E-state index in [2.05, 4.69) is 47.0 Å². The Hall–Kier alpha value is -1.59. The minimum atomic E-state index is 0.0754. The highest BCUT2D eigenvalue weighted by molar-refractivity contribution is 8.00. The molecule has 2 N–H and O–H groups in total. The van der Waals surface area contributed by atoms with Gasteiger partial charge >= 0.3 is 0 Å². The van der Waals surface area contributed by atoms with Gasteiger partial charge in [-0.15, -0.1) is 23.5 Å². The number of rotatable bonds is 2. The summed E-state index contributed by atoms with van der Waals surface area (Å²) in [6, 6.07) is 15.1. The molecule has 0 spiro atoms. The van der Waals surface area contributed by atoms with Gasteiger partial charge in [0.2, 0.25) is 5.91 Å². The number of carbonyl (C=O) groups is 1. The number of carbonyl (C=O) groups excluding carboxylic acids is 1. The summed E-state index contributed by atoms with van der Waals surface area (Å²) >= 11 is 3.48. The van der Waals surface area contributed by atoms with Gasteiger partial charge in [0.05, 0.1) is 17.5 Å². The van der Waals surface area contributed by atoms with Crippen molar-refractivity contribution in [3.8, 4) is 0 Å². The molecule has 3 nitrogen and oxygen atoms in total. The van der Waals surface area contributed by atoms with Crippen molar-refractivity contribution in [2.45, 2.75) is 15.8 Å². The van der Waals surface area contributed by atoms with Crippen LogP contribution in [0.1, 0.15) is 11.6 Å². The third kappa shape index (κ3) is 2.51. The van der Waals surface area contributed by atoms with Gasteiger partial charge < -0.3 is 10.6 Å². The molecule has 0 fully saturated rings. The summed E-state index contributed by atoms with van der Waals surface area (Å²) in [6.45, 7) is 0. The van der Waals surface area contributed by atoms with Crippen LogP contribution in [-0.2, 0) is 4.79 Å². The fourth-order valence-corrected chi connectivity index (χ4v) is 4.61. The van der Waals surface area contributed by atoms with Gasteiger partial charge in [-0.3, -0.25) is 4.79 Å². The number of benzene rings is 2. The molecule has 2 aliphatic heterocycles. The molecule has 2 aromatic carbocycles. The molecular weight excluding hydrogens is 300 g/mol. The second-order valence-electron chi connectivity index (χ2n) is 5.09. The molecule has 106 valence electrons. The summed E-state index contributed by atoms with van der Waals surface area (Å²) in [6.07, 6.45) is 0. The van der Waals surface area contributed by atoms with Gasteiger partial charge in [-0.2, -0.15) is 0 Å². The van der Waals surface area contributed by atoms with Crippen molar-refractivity contribution >= 4 is 40.8 Å². The number of amides is 1. The first kappa shape index (κ1) is 13.1. The predicted octanol–water partition coefficient (Wildman–Crippen LogP) is 3.99.